The average Bonchev–Trinajstić information content (AvgIpc) is 3.11. The lowest BCUT2D eigenvalue weighted by molar-refractivity contribution is -0.126. The third kappa shape index (κ3) is 5.90. The van der Waals surface area contributed by atoms with Gasteiger partial charge in [0, 0.05) is 37.7 Å². The second-order valence-electron chi connectivity index (χ2n) is 6.87. The number of benzene rings is 1. The van der Waals surface area contributed by atoms with E-state index in [2.05, 4.69) is 12.2 Å². The number of nitrogens with two attached hydrogens (primary N) is 1. The second kappa shape index (κ2) is 11.7. The van der Waals surface area contributed by atoms with E-state index in [9.17, 15) is 9.59 Å². The Morgan fingerprint density at radius 1 is 1.24 bits per heavy atom. The molecule has 1 aliphatic rings. The normalized spacial score (nSPS) is 16.8. The SMILES string of the molecule is CCCCC(CN)NC(=O)C1CC(=O)N(c2cc(OC)c(OC)c(OC)c2)C1.Cl. The first-order valence-electron chi connectivity index (χ1n) is 9.59. The number of rotatable bonds is 10. The van der Waals surface area contributed by atoms with Crippen LogP contribution in [0.3, 0.4) is 0 Å². The Balaban J connectivity index is 0.00000420. The summed E-state index contributed by atoms with van der Waals surface area (Å²) in [6.45, 7) is 2.79. The van der Waals surface area contributed by atoms with Crippen LogP contribution >= 0.6 is 12.4 Å². The number of amides is 2. The molecule has 0 radical (unpaired) electrons. The maximum Gasteiger partial charge on any atom is 0.227 e. The van der Waals surface area contributed by atoms with Crippen LogP contribution in [0.4, 0.5) is 5.69 Å². The summed E-state index contributed by atoms with van der Waals surface area (Å²) >= 11 is 0. The predicted octanol–water partition coefficient (Wildman–Crippen LogP) is 2.12. The van der Waals surface area contributed by atoms with E-state index in [-0.39, 0.29) is 36.7 Å². The minimum Gasteiger partial charge on any atom is -0.493 e. The Bertz CT molecular complexity index is 676. The van der Waals surface area contributed by atoms with Crippen molar-refractivity contribution in [2.45, 2.75) is 38.6 Å². The predicted molar refractivity (Wildman–Crippen MR) is 114 cm³/mol. The van der Waals surface area contributed by atoms with Crippen LogP contribution in [0.15, 0.2) is 12.1 Å². The fourth-order valence-electron chi connectivity index (χ4n) is 3.37. The average molecular weight is 430 g/mol. The van der Waals surface area contributed by atoms with E-state index in [1.807, 2.05) is 0 Å². The molecule has 2 unspecified atom stereocenters. The van der Waals surface area contributed by atoms with Crippen molar-refractivity contribution < 1.29 is 23.8 Å². The Morgan fingerprint density at radius 3 is 2.34 bits per heavy atom. The molecule has 1 heterocycles. The van der Waals surface area contributed by atoms with Crippen LogP contribution in [-0.2, 0) is 9.59 Å². The molecule has 164 valence electrons. The summed E-state index contributed by atoms with van der Waals surface area (Å²) in [5, 5.41) is 2.99. The molecule has 1 aliphatic heterocycles. The smallest absolute Gasteiger partial charge is 0.227 e. The summed E-state index contributed by atoms with van der Waals surface area (Å²) in [6.07, 6.45) is 3.05. The number of carbonyl (C=O) groups excluding carboxylic acids is 2. The van der Waals surface area contributed by atoms with E-state index >= 15 is 0 Å². The highest BCUT2D eigenvalue weighted by atomic mass is 35.5. The fourth-order valence-corrected chi connectivity index (χ4v) is 3.37. The number of carbonyl (C=O) groups is 2. The molecule has 0 spiro atoms. The van der Waals surface area contributed by atoms with Crippen LogP contribution in [0.25, 0.3) is 0 Å². The van der Waals surface area contributed by atoms with E-state index in [0.29, 0.717) is 36.0 Å². The maximum absolute atomic E-state index is 12.6. The molecule has 9 heteroatoms. The maximum atomic E-state index is 12.6. The highest BCUT2D eigenvalue weighted by Crippen LogP contribution is 2.42. The van der Waals surface area contributed by atoms with Crippen LogP contribution < -0.4 is 30.2 Å². The zero-order chi connectivity index (χ0) is 20.7. The van der Waals surface area contributed by atoms with Gasteiger partial charge in [0.15, 0.2) is 11.5 Å². The van der Waals surface area contributed by atoms with Crippen molar-refractivity contribution in [1.82, 2.24) is 5.32 Å². The Hall–Kier alpha value is -2.19. The van der Waals surface area contributed by atoms with E-state index in [4.69, 9.17) is 19.9 Å². The van der Waals surface area contributed by atoms with Crippen molar-refractivity contribution in [2.75, 3.05) is 39.3 Å². The molecule has 1 aromatic carbocycles. The Morgan fingerprint density at radius 2 is 1.86 bits per heavy atom. The molecule has 2 atom stereocenters. The van der Waals surface area contributed by atoms with E-state index in [0.717, 1.165) is 19.3 Å². The molecule has 1 saturated heterocycles. The van der Waals surface area contributed by atoms with Crippen molar-refractivity contribution in [3.63, 3.8) is 0 Å². The van der Waals surface area contributed by atoms with Gasteiger partial charge in [-0.1, -0.05) is 19.8 Å². The van der Waals surface area contributed by atoms with Gasteiger partial charge in [0.1, 0.15) is 0 Å². The molecule has 8 nitrogen and oxygen atoms in total. The molecule has 0 bridgehead atoms. The minimum atomic E-state index is -0.415. The van der Waals surface area contributed by atoms with Crippen LogP contribution in [0.5, 0.6) is 17.2 Å². The van der Waals surface area contributed by atoms with Gasteiger partial charge in [-0.25, -0.2) is 0 Å². The highest BCUT2D eigenvalue weighted by Gasteiger charge is 2.36. The number of hydrogen-bond acceptors (Lipinski definition) is 6. The zero-order valence-electron chi connectivity index (χ0n) is 17.5. The van der Waals surface area contributed by atoms with Gasteiger partial charge in [0.2, 0.25) is 17.6 Å². The zero-order valence-corrected chi connectivity index (χ0v) is 18.3. The molecule has 2 amide bonds. The number of nitrogens with one attached hydrogen (secondary N) is 1. The van der Waals surface area contributed by atoms with Crippen molar-refractivity contribution in [2.24, 2.45) is 11.7 Å². The molecular formula is C20H32ClN3O5. The third-order valence-corrected chi connectivity index (χ3v) is 4.99. The van der Waals surface area contributed by atoms with Gasteiger partial charge in [-0.15, -0.1) is 12.4 Å². The molecule has 2 rings (SSSR count). The molecular weight excluding hydrogens is 398 g/mol. The van der Waals surface area contributed by atoms with E-state index in [1.54, 1.807) is 17.0 Å². The number of halogens is 1. The van der Waals surface area contributed by atoms with Crippen molar-refractivity contribution in [1.29, 1.82) is 0 Å². The van der Waals surface area contributed by atoms with Gasteiger partial charge in [-0.3, -0.25) is 9.59 Å². The molecule has 3 N–H and O–H groups in total. The van der Waals surface area contributed by atoms with Gasteiger partial charge >= 0.3 is 0 Å². The molecule has 0 aromatic heterocycles. The summed E-state index contributed by atoms with van der Waals surface area (Å²) < 4.78 is 16.0. The van der Waals surface area contributed by atoms with Crippen LogP contribution in [-0.4, -0.2) is 52.3 Å². The first-order valence-corrected chi connectivity index (χ1v) is 9.59. The molecule has 1 fully saturated rings. The number of methoxy groups -OCH3 is 3. The second-order valence-corrected chi connectivity index (χ2v) is 6.87. The minimum absolute atomic E-state index is 0. The highest BCUT2D eigenvalue weighted by molar-refractivity contribution is 6.00. The molecule has 0 aliphatic carbocycles. The summed E-state index contributed by atoms with van der Waals surface area (Å²) in [4.78, 5) is 26.8. The molecule has 29 heavy (non-hydrogen) atoms. The summed E-state index contributed by atoms with van der Waals surface area (Å²) in [5.74, 6) is 0.710. The van der Waals surface area contributed by atoms with Crippen molar-refractivity contribution in [3.05, 3.63) is 12.1 Å². The van der Waals surface area contributed by atoms with Gasteiger partial charge in [-0.05, 0) is 6.42 Å². The summed E-state index contributed by atoms with van der Waals surface area (Å²) in [5.41, 5.74) is 6.37. The number of hydrogen-bond donors (Lipinski definition) is 2. The van der Waals surface area contributed by atoms with Gasteiger partial charge in [0.05, 0.1) is 32.9 Å². The lowest BCUT2D eigenvalue weighted by Gasteiger charge is -2.21. The van der Waals surface area contributed by atoms with Crippen molar-refractivity contribution in [3.8, 4) is 17.2 Å². The number of anilines is 1. The largest absolute Gasteiger partial charge is 0.493 e. The third-order valence-electron chi connectivity index (χ3n) is 4.99. The number of nitrogens with zero attached hydrogens (tertiary/aromatic N) is 1. The first kappa shape index (κ1) is 24.8. The van der Waals surface area contributed by atoms with Gasteiger partial charge in [-0.2, -0.15) is 0 Å². The lowest BCUT2D eigenvalue weighted by Crippen LogP contribution is -2.43. The summed E-state index contributed by atoms with van der Waals surface area (Å²) in [7, 11) is 4.56. The lowest BCUT2D eigenvalue weighted by atomic mass is 10.1. The van der Waals surface area contributed by atoms with Gasteiger partial charge in [0.25, 0.3) is 0 Å². The van der Waals surface area contributed by atoms with E-state index < -0.39 is 5.92 Å². The Labute approximate surface area is 178 Å². The summed E-state index contributed by atoms with van der Waals surface area (Å²) in [6, 6.07) is 3.37. The fraction of sp³-hybridized carbons (Fsp3) is 0.600. The van der Waals surface area contributed by atoms with Crippen molar-refractivity contribution >= 4 is 29.9 Å². The van der Waals surface area contributed by atoms with E-state index in [1.165, 1.54) is 21.3 Å². The number of unbranched alkanes of at least 4 members (excludes halogenated alkanes) is 1. The monoisotopic (exact) mass is 429 g/mol. The van der Waals surface area contributed by atoms with Gasteiger partial charge < -0.3 is 30.2 Å². The topological polar surface area (TPSA) is 103 Å². The standard InChI is InChI=1S/C20H31N3O5.ClH/c1-5-6-7-14(11-21)22-20(25)13-8-18(24)23(12-13)15-9-16(26-2)19(28-4)17(10-15)27-3;/h9-10,13-14H,5-8,11-12,21H2,1-4H3,(H,22,25);1H. The van der Waals surface area contributed by atoms with Crippen LogP contribution in [0.2, 0.25) is 0 Å². The number of ether oxygens (including phenoxy) is 3. The molecule has 0 saturated carbocycles. The first-order chi connectivity index (χ1) is 13.5. The van der Waals surface area contributed by atoms with Crippen LogP contribution in [0.1, 0.15) is 32.6 Å². The van der Waals surface area contributed by atoms with Crippen LogP contribution in [0, 0.1) is 5.92 Å². The Kier molecular flexibility index (Phi) is 10.0. The quantitative estimate of drug-likeness (QED) is 0.590. The molecule has 1 aromatic rings.